The molecule has 7 heteroatoms. The van der Waals surface area contributed by atoms with Crippen LogP contribution < -0.4 is 4.90 Å². The van der Waals surface area contributed by atoms with Crippen LogP contribution in [0.3, 0.4) is 0 Å². The summed E-state index contributed by atoms with van der Waals surface area (Å²) in [7, 11) is 0. The molecular weight excluding hydrogens is 392 g/mol. The zero-order valence-corrected chi connectivity index (χ0v) is 17.3. The number of anilines is 1. The molecular formula is C24H24N4O3. The number of carbonyl (C=O) groups excluding carboxylic acids is 1. The van der Waals surface area contributed by atoms with E-state index < -0.39 is 5.84 Å². The monoisotopic (exact) mass is 416 g/mol. The van der Waals surface area contributed by atoms with Crippen molar-refractivity contribution in [1.29, 1.82) is 10.8 Å². The number of phenols is 2. The van der Waals surface area contributed by atoms with Gasteiger partial charge in [-0.25, -0.2) is 0 Å². The maximum atomic E-state index is 11.4. The molecule has 3 rings (SSSR count). The van der Waals surface area contributed by atoms with Crippen LogP contribution in [0.1, 0.15) is 42.1 Å². The number of benzene rings is 2. The average Bonchev–Trinajstić information content (AvgIpc) is 2.75. The molecule has 0 radical (unpaired) electrons. The predicted molar refractivity (Wildman–Crippen MR) is 120 cm³/mol. The fraction of sp³-hybridized carbons (Fsp3) is 0.167. The van der Waals surface area contributed by atoms with Crippen LogP contribution in [0.15, 0.2) is 60.8 Å². The van der Waals surface area contributed by atoms with E-state index in [1.165, 1.54) is 12.1 Å². The lowest BCUT2D eigenvalue weighted by Crippen LogP contribution is -2.37. The lowest BCUT2D eigenvalue weighted by molar-refractivity contribution is -0.102. The zero-order valence-electron chi connectivity index (χ0n) is 17.3. The van der Waals surface area contributed by atoms with E-state index >= 15 is 0 Å². The maximum absolute atomic E-state index is 11.4. The quantitative estimate of drug-likeness (QED) is 0.272. The molecule has 0 unspecified atom stereocenters. The smallest absolute Gasteiger partial charge is 0.185 e. The third-order valence-corrected chi connectivity index (χ3v) is 4.90. The van der Waals surface area contributed by atoms with Gasteiger partial charge in [-0.2, -0.15) is 0 Å². The second-order valence-corrected chi connectivity index (χ2v) is 7.43. The molecule has 158 valence electrons. The molecule has 0 aliphatic rings. The van der Waals surface area contributed by atoms with E-state index in [1.54, 1.807) is 18.3 Å². The van der Waals surface area contributed by atoms with Gasteiger partial charge in [-0.15, -0.1) is 0 Å². The number of hydrogen-bond acceptors (Lipinski definition) is 6. The van der Waals surface area contributed by atoms with Crippen molar-refractivity contribution < 1.29 is 15.0 Å². The summed E-state index contributed by atoms with van der Waals surface area (Å²) in [4.78, 5) is 16.9. The number of nitrogens with zero attached hydrogens (tertiary/aromatic N) is 2. The number of phenolic OH excluding ortho intramolecular Hbond substituents is 2. The van der Waals surface area contributed by atoms with Gasteiger partial charge >= 0.3 is 0 Å². The largest absolute Gasteiger partial charge is 0.508 e. The van der Waals surface area contributed by atoms with E-state index in [4.69, 9.17) is 10.8 Å². The van der Waals surface area contributed by atoms with E-state index in [-0.39, 0.29) is 28.8 Å². The van der Waals surface area contributed by atoms with Gasteiger partial charge < -0.3 is 10.2 Å². The Morgan fingerprint density at radius 3 is 2.35 bits per heavy atom. The van der Waals surface area contributed by atoms with Crippen molar-refractivity contribution in [3.05, 3.63) is 83.2 Å². The standard InChI is InChI=1S/C24H24N4O3/c1-15(2)19-12-20(22(31)13-21(19)30)24(26)28(23(25)14-29)18-8-6-16(7-9-18)11-17-5-3-4-10-27-17/h3-10,12-15,25-26,30-31H,11H2,1-2H3. The van der Waals surface area contributed by atoms with Gasteiger partial charge in [0, 0.05) is 30.1 Å². The van der Waals surface area contributed by atoms with Gasteiger partial charge in [0.05, 0.1) is 5.56 Å². The van der Waals surface area contributed by atoms with Crippen molar-refractivity contribution in [2.75, 3.05) is 4.90 Å². The third kappa shape index (κ3) is 4.78. The van der Waals surface area contributed by atoms with Crippen LogP contribution in [0.5, 0.6) is 11.5 Å². The summed E-state index contributed by atoms with van der Waals surface area (Å²) in [5.74, 6) is -1.10. The minimum Gasteiger partial charge on any atom is -0.508 e. The molecule has 1 aromatic heterocycles. The molecule has 3 aromatic rings. The Labute approximate surface area is 180 Å². The first kappa shape index (κ1) is 21.7. The second kappa shape index (κ2) is 9.21. The van der Waals surface area contributed by atoms with Crippen LogP contribution in [0.2, 0.25) is 0 Å². The molecule has 0 bridgehead atoms. The summed E-state index contributed by atoms with van der Waals surface area (Å²) < 4.78 is 0. The Balaban J connectivity index is 1.96. The number of pyridine rings is 1. The topological polar surface area (TPSA) is 121 Å². The summed E-state index contributed by atoms with van der Waals surface area (Å²) in [5, 5.41) is 37.1. The van der Waals surface area contributed by atoms with Crippen molar-refractivity contribution in [1.82, 2.24) is 4.98 Å². The van der Waals surface area contributed by atoms with Gasteiger partial charge in [0.15, 0.2) is 12.1 Å². The van der Waals surface area contributed by atoms with Crippen LogP contribution >= 0.6 is 0 Å². The van der Waals surface area contributed by atoms with Crippen molar-refractivity contribution >= 4 is 23.6 Å². The van der Waals surface area contributed by atoms with Gasteiger partial charge in [-0.3, -0.25) is 25.5 Å². The first-order valence-electron chi connectivity index (χ1n) is 9.79. The number of hydrogen-bond donors (Lipinski definition) is 4. The predicted octanol–water partition coefficient (Wildman–Crippen LogP) is 4.22. The molecule has 0 atom stereocenters. The third-order valence-electron chi connectivity index (χ3n) is 4.90. The SMILES string of the molecule is CC(C)c1cc(C(=N)N(C(=N)C=O)c2ccc(Cc3ccccn3)cc2)c(O)cc1O. The number of carbonyl (C=O) groups is 1. The highest BCUT2D eigenvalue weighted by molar-refractivity contribution is 6.41. The molecule has 2 aromatic carbocycles. The first-order valence-corrected chi connectivity index (χ1v) is 9.79. The lowest BCUT2D eigenvalue weighted by Gasteiger charge is -2.24. The number of aromatic hydroxyl groups is 2. The highest BCUT2D eigenvalue weighted by Gasteiger charge is 2.23. The lowest BCUT2D eigenvalue weighted by atomic mass is 9.98. The van der Waals surface area contributed by atoms with Gasteiger partial charge in [0.25, 0.3) is 0 Å². The molecule has 31 heavy (non-hydrogen) atoms. The van der Waals surface area contributed by atoms with Crippen LogP contribution in [-0.4, -0.2) is 33.2 Å². The summed E-state index contributed by atoms with van der Waals surface area (Å²) in [6, 6.07) is 15.5. The normalized spacial score (nSPS) is 10.7. The highest BCUT2D eigenvalue weighted by atomic mass is 16.3. The molecule has 0 saturated heterocycles. The summed E-state index contributed by atoms with van der Waals surface area (Å²) in [6.07, 6.45) is 2.70. The minimum absolute atomic E-state index is 0.0444. The van der Waals surface area contributed by atoms with E-state index in [0.29, 0.717) is 24.0 Å². The van der Waals surface area contributed by atoms with Crippen LogP contribution in [0.25, 0.3) is 0 Å². The number of nitrogens with one attached hydrogen (secondary N) is 2. The first-order chi connectivity index (χ1) is 14.8. The highest BCUT2D eigenvalue weighted by Crippen LogP contribution is 2.33. The van der Waals surface area contributed by atoms with Gasteiger partial charge in [-0.05, 0) is 47.4 Å². The number of amidine groups is 2. The molecule has 0 amide bonds. The summed E-state index contributed by atoms with van der Waals surface area (Å²) in [6.45, 7) is 3.76. The fourth-order valence-corrected chi connectivity index (χ4v) is 3.28. The van der Waals surface area contributed by atoms with Gasteiger partial charge in [0.2, 0.25) is 0 Å². The molecule has 7 nitrogen and oxygen atoms in total. The molecule has 1 heterocycles. The van der Waals surface area contributed by atoms with Crippen LogP contribution in [0.4, 0.5) is 5.69 Å². The second-order valence-electron chi connectivity index (χ2n) is 7.43. The fourth-order valence-electron chi connectivity index (χ4n) is 3.28. The summed E-state index contributed by atoms with van der Waals surface area (Å²) in [5.41, 5.74) is 3.01. The zero-order chi connectivity index (χ0) is 22.5. The van der Waals surface area contributed by atoms with Gasteiger partial charge in [-0.1, -0.05) is 32.0 Å². The van der Waals surface area contributed by atoms with Gasteiger partial charge in [0.1, 0.15) is 17.3 Å². The molecule has 4 N–H and O–H groups in total. The van der Waals surface area contributed by atoms with E-state index in [2.05, 4.69) is 4.98 Å². The van der Waals surface area contributed by atoms with E-state index in [1.807, 2.05) is 44.2 Å². The Hall–Kier alpha value is -4.00. The van der Waals surface area contributed by atoms with Crippen molar-refractivity contribution in [2.45, 2.75) is 26.2 Å². The molecule has 0 aliphatic heterocycles. The minimum atomic E-state index is -0.443. The Morgan fingerprint density at radius 1 is 1.06 bits per heavy atom. The van der Waals surface area contributed by atoms with Crippen molar-refractivity contribution in [2.24, 2.45) is 0 Å². The van der Waals surface area contributed by atoms with E-state index in [9.17, 15) is 15.0 Å². The van der Waals surface area contributed by atoms with Crippen LogP contribution in [-0.2, 0) is 11.2 Å². The maximum Gasteiger partial charge on any atom is 0.185 e. The summed E-state index contributed by atoms with van der Waals surface area (Å²) >= 11 is 0. The molecule has 0 aliphatic carbocycles. The number of aldehydes is 1. The Kier molecular flexibility index (Phi) is 6.45. The average molecular weight is 416 g/mol. The Bertz CT molecular complexity index is 1110. The van der Waals surface area contributed by atoms with Crippen molar-refractivity contribution in [3.8, 4) is 11.5 Å². The van der Waals surface area contributed by atoms with E-state index in [0.717, 1.165) is 16.2 Å². The Morgan fingerprint density at radius 2 is 1.77 bits per heavy atom. The number of rotatable bonds is 6. The molecule has 0 saturated carbocycles. The number of aromatic nitrogens is 1. The van der Waals surface area contributed by atoms with Crippen molar-refractivity contribution in [3.63, 3.8) is 0 Å². The molecule has 0 spiro atoms. The molecule has 0 fully saturated rings. The van der Waals surface area contributed by atoms with Crippen LogP contribution in [0, 0.1) is 10.8 Å².